The Kier molecular flexibility index (Phi) is 4.26. The van der Waals surface area contributed by atoms with Crippen LogP contribution in [-0.4, -0.2) is 17.8 Å². The van der Waals surface area contributed by atoms with Crippen molar-refractivity contribution in [1.82, 2.24) is 0 Å². The summed E-state index contributed by atoms with van der Waals surface area (Å²) in [5, 5.41) is 12.0. The molecule has 0 radical (unpaired) electrons. The van der Waals surface area contributed by atoms with Crippen LogP contribution in [0.4, 0.5) is 11.4 Å². The highest BCUT2D eigenvalue weighted by molar-refractivity contribution is 5.65. The standard InChI is InChI=1S/C11H18N2O/c1-9(5-4-8-14)13-11-7-3-2-6-10(11)12/h2-3,6-7,9,13-14H,4-5,8,12H2,1H3. The minimum atomic E-state index is 0.246. The lowest BCUT2D eigenvalue weighted by Crippen LogP contribution is -2.16. The summed E-state index contributed by atoms with van der Waals surface area (Å²) in [5.74, 6) is 0. The minimum absolute atomic E-state index is 0.246. The molecule has 4 N–H and O–H groups in total. The maximum absolute atomic E-state index is 8.68. The number of hydrogen-bond acceptors (Lipinski definition) is 3. The molecule has 3 nitrogen and oxygen atoms in total. The third-order valence-electron chi connectivity index (χ3n) is 2.16. The molecule has 0 saturated heterocycles. The monoisotopic (exact) mass is 194 g/mol. The average Bonchev–Trinajstić information content (AvgIpc) is 2.18. The van der Waals surface area contributed by atoms with Gasteiger partial charge in [-0.05, 0) is 31.9 Å². The first-order valence-corrected chi connectivity index (χ1v) is 4.96. The molecule has 1 aromatic carbocycles. The maximum Gasteiger partial charge on any atom is 0.0575 e. The molecule has 0 aliphatic rings. The molecule has 0 spiro atoms. The van der Waals surface area contributed by atoms with Crippen molar-refractivity contribution in [2.24, 2.45) is 0 Å². The Bertz CT molecular complexity index is 276. The van der Waals surface area contributed by atoms with Crippen LogP contribution in [0.2, 0.25) is 0 Å². The lowest BCUT2D eigenvalue weighted by Gasteiger charge is -2.15. The van der Waals surface area contributed by atoms with E-state index in [1.807, 2.05) is 24.3 Å². The quantitative estimate of drug-likeness (QED) is 0.627. The summed E-state index contributed by atoms with van der Waals surface area (Å²) < 4.78 is 0. The Morgan fingerprint density at radius 3 is 2.79 bits per heavy atom. The molecule has 3 heteroatoms. The number of aliphatic hydroxyl groups is 1. The van der Waals surface area contributed by atoms with Crippen LogP contribution < -0.4 is 11.1 Å². The largest absolute Gasteiger partial charge is 0.397 e. The number of anilines is 2. The Morgan fingerprint density at radius 1 is 1.43 bits per heavy atom. The van der Waals surface area contributed by atoms with E-state index in [1.54, 1.807) is 0 Å². The first kappa shape index (κ1) is 10.9. The van der Waals surface area contributed by atoms with Gasteiger partial charge in [-0.1, -0.05) is 12.1 Å². The van der Waals surface area contributed by atoms with Crippen molar-refractivity contribution in [3.05, 3.63) is 24.3 Å². The fourth-order valence-corrected chi connectivity index (χ4v) is 1.36. The van der Waals surface area contributed by atoms with Gasteiger partial charge >= 0.3 is 0 Å². The summed E-state index contributed by atoms with van der Waals surface area (Å²) >= 11 is 0. The average molecular weight is 194 g/mol. The molecule has 0 aromatic heterocycles. The number of nitrogens with two attached hydrogens (primary N) is 1. The Morgan fingerprint density at radius 2 is 2.14 bits per heavy atom. The van der Waals surface area contributed by atoms with Gasteiger partial charge in [0.15, 0.2) is 0 Å². The van der Waals surface area contributed by atoms with Gasteiger partial charge in [0.25, 0.3) is 0 Å². The molecule has 1 unspecified atom stereocenters. The van der Waals surface area contributed by atoms with Crippen LogP contribution in [0, 0.1) is 0 Å². The minimum Gasteiger partial charge on any atom is -0.397 e. The van der Waals surface area contributed by atoms with E-state index in [2.05, 4.69) is 12.2 Å². The Labute approximate surface area is 84.9 Å². The molecule has 14 heavy (non-hydrogen) atoms. The zero-order valence-electron chi connectivity index (χ0n) is 8.53. The number of benzene rings is 1. The summed E-state index contributed by atoms with van der Waals surface area (Å²) in [6, 6.07) is 8.05. The highest BCUT2D eigenvalue weighted by Crippen LogP contribution is 2.18. The van der Waals surface area contributed by atoms with Crippen LogP contribution in [0.3, 0.4) is 0 Å². The molecular formula is C11H18N2O. The SMILES string of the molecule is CC(CCCO)Nc1ccccc1N. The first-order valence-electron chi connectivity index (χ1n) is 4.96. The van der Waals surface area contributed by atoms with Crippen LogP contribution >= 0.6 is 0 Å². The van der Waals surface area contributed by atoms with E-state index in [9.17, 15) is 0 Å². The van der Waals surface area contributed by atoms with Crippen molar-refractivity contribution in [2.45, 2.75) is 25.8 Å². The van der Waals surface area contributed by atoms with Gasteiger partial charge in [0.1, 0.15) is 0 Å². The molecule has 0 saturated carbocycles. The van der Waals surface area contributed by atoms with Gasteiger partial charge in [0.05, 0.1) is 11.4 Å². The lowest BCUT2D eigenvalue weighted by atomic mass is 10.1. The molecule has 0 heterocycles. The van der Waals surface area contributed by atoms with Crippen molar-refractivity contribution in [2.75, 3.05) is 17.7 Å². The number of nitrogen functional groups attached to an aromatic ring is 1. The number of nitrogens with one attached hydrogen (secondary N) is 1. The van der Waals surface area contributed by atoms with Gasteiger partial charge in [-0.25, -0.2) is 0 Å². The van der Waals surface area contributed by atoms with Crippen LogP contribution in [-0.2, 0) is 0 Å². The molecule has 0 amide bonds. The Hall–Kier alpha value is -1.22. The van der Waals surface area contributed by atoms with E-state index in [0.717, 1.165) is 24.2 Å². The van der Waals surface area contributed by atoms with E-state index >= 15 is 0 Å². The zero-order valence-corrected chi connectivity index (χ0v) is 8.53. The van der Waals surface area contributed by atoms with E-state index in [4.69, 9.17) is 10.8 Å². The van der Waals surface area contributed by atoms with Crippen molar-refractivity contribution >= 4 is 11.4 Å². The van der Waals surface area contributed by atoms with Crippen LogP contribution in [0.15, 0.2) is 24.3 Å². The summed E-state index contributed by atoms with van der Waals surface area (Å²) in [6.45, 7) is 2.33. The summed E-state index contributed by atoms with van der Waals surface area (Å²) in [4.78, 5) is 0. The highest BCUT2D eigenvalue weighted by Gasteiger charge is 2.03. The first-order chi connectivity index (χ1) is 6.74. The van der Waals surface area contributed by atoms with E-state index in [1.165, 1.54) is 0 Å². The van der Waals surface area contributed by atoms with Crippen molar-refractivity contribution in [3.63, 3.8) is 0 Å². The molecule has 78 valence electrons. The molecule has 0 aliphatic heterocycles. The zero-order chi connectivity index (χ0) is 10.4. The van der Waals surface area contributed by atoms with Gasteiger partial charge in [-0.3, -0.25) is 0 Å². The van der Waals surface area contributed by atoms with E-state index in [0.29, 0.717) is 6.04 Å². The lowest BCUT2D eigenvalue weighted by molar-refractivity contribution is 0.282. The maximum atomic E-state index is 8.68. The van der Waals surface area contributed by atoms with Crippen LogP contribution in [0.5, 0.6) is 0 Å². The second kappa shape index (κ2) is 5.50. The normalized spacial score (nSPS) is 12.4. The predicted molar refractivity (Wildman–Crippen MR) is 60.3 cm³/mol. The second-order valence-electron chi connectivity index (χ2n) is 3.50. The van der Waals surface area contributed by atoms with Gasteiger partial charge in [-0.15, -0.1) is 0 Å². The van der Waals surface area contributed by atoms with Crippen molar-refractivity contribution in [3.8, 4) is 0 Å². The summed E-state index contributed by atoms with van der Waals surface area (Å²) in [6.07, 6.45) is 1.77. The summed E-state index contributed by atoms with van der Waals surface area (Å²) in [5.41, 5.74) is 7.52. The smallest absolute Gasteiger partial charge is 0.0575 e. The fourth-order valence-electron chi connectivity index (χ4n) is 1.36. The second-order valence-corrected chi connectivity index (χ2v) is 3.50. The van der Waals surface area contributed by atoms with Gasteiger partial charge in [0, 0.05) is 12.6 Å². The Balaban J connectivity index is 2.47. The van der Waals surface area contributed by atoms with Gasteiger partial charge < -0.3 is 16.2 Å². The van der Waals surface area contributed by atoms with Crippen LogP contribution in [0.25, 0.3) is 0 Å². The third kappa shape index (κ3) is 3.26. The van der Waals surface area contributed by atoms with E-state index in [-0.39, 0.29) is 6.61 Å². The van der Waals surface area contributed by atoms with E-state index < -0.39 is 0 Å². The molecular weight excluding hydrogens is 176 g/mol. The summed E-state index contributed by atoms with van der Waals surface area (Å²) in [7, 11) is 0. The number of aliphatic hydroxyl groups excluding tert-OH is 1. The molecule has 0 aliphatic carbocycles. The van der Waals surface area contributed by atoms with Crippen molar-refractivity contribution < 1.29 is 5.11 Å². The molecule has 1 aromatic rings. The fraction of sp³-hybridized carbons (Fsp3) is 0.455. The number of rotatable bonds is 5. The number of hydrogen-bond donors (Lipinski definition) is 3. The van der Waals surface area contributed by atoms with Gasteiger partial charge in [0.2, 0.25) is 0 Å². The molecule has 0 bridgehead atoms. The number of para-hydroxylation sites is 2. The molecule has 1 rings (SSSR count). The van der Waals surface area contributed by atoms with Crippen molar-refractivity contribution in [1.29, 1.82) is 0 Å². The topological polar surface area (TPSA) is 58.3 Å². The molecule has 0 fully saturated rings. The third-order valence-corrected chi connectivity index (χ3v) is 2.16. The van der Waals surface area contributed by atoms with Crippen LogP contribution in [0.1, 0.15) is 19.8 Å². The predicted octanol–water partition coefficient (Wildman–Crippen LogP) is 1.84. The van der Waals surface area contributed by atoms with Gasteiger partial charge in [-0.2, -0.15) is 0 Å². The molecule has 1 atom stereocenters. The highest BCUT2D eigenvalue weighted by atomic mass is 16.2.